The van der Waals surface area contributed by atoms with E-state index in [9.17, 15) is 0 Å². The Balaban J connectivity index is 2.70. The van der Waals surface area contributed by atoms with Gasteiger partial charge < -0.3 is 0 Å². The molecule has 0 bridgehead atoms. The average molecular weight is 160 g/mol. The van der Waals surface area contributed by atoms with Crippen LogP contribution in [-0.4, -0.2) is 0 Å². The van der Waals surface area contributed by atoms with Crippen molar-refractivity contribution in [2.75, 3.05) is 0 Å². The highest BCUT2D eigenvalue weighted by molar-refractivity contribution is 5.37. The number of hydrogen-bond donors (Lipinski definition) is 0. The lowest BCUT2D eigenvalue weighted by Gasteiger charge is -2.08. The Morgan fingerprint density at radius 3 is 3.00 bits per heavy atom. The summed E-state index contributed by atoms with van der Waals surface area (Å²) in [7, 11) is 0. The second-order valence-electron chi connectivity index (χ2n) is 3.32. The highest BCUT2D eigenvalue weighted by Crippen LogP contribution is 2.20. The first-order valence-corrected chi connectivity index (χ1v) is 4.39. The van der Waals surface area contributed by atoms with Crippen molar-refractivity contribution < 1.29 is 0 Å². The SMILES string of the molecule is C=C(C)CC1=C/C(=C/C)CC=C1. The van der Waals surface area contributed by atoms with E-state index in [0.717, 1.165) is 12.8 Å². The second-order valence-corrected chi connectivity index (χ2v) is 3.32. The van der Waals surface area contributed by atoms with Crippen molar-refractivity contribution >= 4 is 0 Å². The van der Waals surface area contributed by atoms with Crippen molar-refractivity contribution in [3.63, 3.8) is 0 Å². The molecule has 0 saturated heterocycles. The maximum atomic E-state index is 3.91. The molecule has 0 aliphatic heterocycles. The van der Waals surface area contributed by atoms with Gasteiger partial charge in [0, 0.05) is 0 Å². The van der Waals surface area contributed by atoms with Crippen LogP contribution in [-0.2, 0) is 0 Å². The third-order valence-corrected chi connectivity index (χ3v) is 1.93. The number of allylic oxidation sites excluding steroid dienone is 7. The summed E-state index contributed by atoms with van der Waals surface area (Å²) >= 11 is 0. The Kier molecular flexibility index (Phi) is 3.09. The molecule has 0 spiro atoms. The van der Waals surface area contributed by atoms with E-state index in [2.05, 4.69) is 44.7 Å². The first-order chi connectivity index (χ1) is 5.72. The molecule has 0 aromatic heterocycles. The zero-order chi connectivity index (χ0) is 8.97. The smallest absolute Gasteiger partial charge is 0.00726 e. The third kappa shape index (κ3) is 2.54. The number of hydrogen-bond acceptors (Lipinski definition) is 0. The molecular formula is C12H16. The summed E-state index contributed by atoms with van der Waals surface area (Å²) in [5, 5.41) is 0. The van der Waals surface area contributed by atoms with Crippen LogP contribution in [0.3, 0.4) is 0 Å². The summed E-state index contributed by atoms with van der Waals surface area (Å²) in [4.78, 5) is 0. The van der Waals surface area contributed by atoms with E-state index in [4.69, 9.17) is 0 Å². The van der Waals surface area contributed by atoms with E-state index in [-0.39, 0.29) is 0 Å². The summed E-state index contributed by atoms with van der Waals surface area (Å²) in [6, 6.07) is 0. The monoisotopic (exact) mass is 160 g/mol. The molecule has 1 aliphatic rings. The summed E-state index contributed by atoms with van der Waals surface area (Å²) in [5.41, 5.74) is 4.01. The van der Waals surface area contributed by atoms with E-state index in [1.807, 2.05) is 0 Å². The fourth-order valence-corrected chi connectivity index (χ4v) is 1.35. The lowest BCUT2D eigenvalue weighted by molar-refractivity contribution is 1.11. The molecule has 0 amide bonds. The van der Waals surface area contributed by atoms with Crippen molar-refractivity contribution in [2.24, 2.45) is 0 Å². The van der Waals surface area contributed by atoms with Crippen LogP contribution in [0.4, 0.5) is 0 Å². The molecule has 1 rings (SSSR count). The van der Waals surface area contributed by atoms with Gasteiger partial charge in [-0.2, -0.15) is 0 Å². The number of rotatable bonds is 2. The summed E-state index contributed by atoms with van der Waals surface area (Å²) in [6.07, 6.45) is 10.9. The van der Waals surface area contributed by atoms with E-state index in [1.165, 1.54) is 16.7 Å². The van der Waals surface area contributed by atoms with Crippen molar-refractivity contribution in [1.29, 1.82) is 0 Å². The molecule has 1 aliphatic carbocycles. The Bertz CT molecular complexity index is 262. The fourth-order valence-electron chi connectivity index (χ4n) is 1.35. The van der Waals surface area contributed by atoms with Gasteiger partial charge in [0.1, 0.15) is 0 Å². The van der Waals surface area contributed by atoms with Crippen LogP contribution in [0.1, 0.15) is 26.7 Å². The lowest BCUT2D eigenvalue weighted by Crippen LogP contribution is -1.88. The minimum absolute atomic E-state index is 1.01. The summed E-state index contributed by atoms with van der Waals surface area (Å²) < 4.78 is 0. The molecule has 0 fully saturated rings. The Morgan fingerprint density at radius 1 is 1.67 bits per heavy atom. The van der Waals surface area contributed by atoms with Gasteiger partial charge in [0.05, 0.1) is 0 Å². The molecule has 0 aromatic rings. The van der Waals surface area contributed by atoms with Gasteiger partial charge in [0.2, 0.25) is 0 Å². The quantitative estimate of drug-likeness (QED) is 0.539. The second kappa shape index (κ2) is 4.10. The predicted octanol–water partition coefficient (Wildman–Crippen LogP) is 3.79. The molecule has 0 radical (unpaired) electrons. The van der Waals surface area contributed by atoms with E-state index in [0.29, 0.717) is 0 Å². The van der Waals surface area contributed by atoms with Crippen LogP contribution in [0.5, 0.6) is 0 Å². The van der Waals surface area contributed by atoms with Gasteiger partial charge in [0.15, 0.2) is 0 Å². The van der Waals surface area contributed by atoms with Gasteiger partial charge >= 0.3 is 0 Å². The van der Waals surface area contributed by atoms with Gasteiger partial charge in [-0.3, -0.25) is 0 Å². The molecule has 0 nitrogen and oxygen atoms in total. The molecule has 0 atom stereocenters. The highest BCUT2D eigenvalue weighted by Gasteiger charge is 2.00. The molecule has 64 valence electrons. The van der Waals surface area contributed by atoms with E-state index in [1.54, 1.807) is 0 Å². The Labute approximate surface area is 75.0 Å². The molecule has 0 heterocycles. The minimum atomic E-state index is 1.01. The maximum absolute atomic E-state index is 3.91. The molecule has 0 saturated carbocycles. The Morgan fingerprint density at radius 2 is 2.42 bits per heavy atom. The van der Waals surface area contributed by atoms with Crippen LogP contribution in [0.25, 0.3) is 0 Å². The van der Waals surface area contributed by atoms with Gasteiger partial charge in [-0.25, -0.2) is 0 Å². The first kappa shape index (κ1) is 9.05. The zero-order valence-electron chi connectivity index (χ0n) is 7.93. The summed E-state index contributed by atoms with van der Waals surface area (Å²) in [6.45, 7) is 8.06. The van der Waals surface area contributed by atoms with E-state index < -0.39 is 0 Å². The van der Waals surface area contributed by atoms with Crippen LogP contribution in [0, 0.1) is 0 Å². The van der Waals surface area contributed by atoms with E-state index >= 15 is 0 Å². The van der Waals surface area contributed by atoms with Crippen LogP contribution < -0.4 is 0 Å². The topological polar surface area (TPSA) is 0 Å². The van der Waals surface area contributed by atoms with Gasteiger partial charge in [0.25, 0.3) is 0 Å². The lowest BCUT2D eigenvalue weighted by atomic mass is 9.98. The normalized spacial score (nSPS) is 19.5. The molecule has 12 heavy (non-hydrogen) atoms. The predicted molar refractivity (Wildman–Crippen MR) is 55.0 cm³/mol. The fraction of sp³-hybridized carbons (Fsp3) is 0.333. The highest BCUT2D eigenvalue weighted by atomic mass is 14.1. The van der Waals surface area contributed by atoms with Gasteiger partial charge in [-0.05, 0) is 37.8 Å². The molecule has 0 unspecified atom stereocenters. The molecule has 0 aromatic carbocycles. The van der Waals surface area contributed by atoms with Crippen molar-refractivity contribution in [3.8, 4) is 0 Å². The largest absolute Gasteiger partial charge is 0.0998 e. The average Bonchev–Trinajstić information content (AvgIpc) is 2.03. The van der Waals surface area contributed by atoms with Crippen molar-refractivity contribution in [3.05, 3.63) is 47.6 Å². The molecule has 0 N–H and O–H groups in total. The summed E-state index contributed by atoms with van der Waals surface area (Å²) in [5.74, 6) is 0. The van der Waals surface area contributed by atoms with Gasteiger partial charge in [-0.1, -0.05) is 36.5 Å². The standard InChI is InChI=1S/C12H16/c1-4-11-6-5-7-12(9-11)8-10(2)3/h4-5,7,9H,2,6,8H2,1,3H3/b11-4+. The first-order valence-electron chi connectivity index (χ1n) is 4.39. The van der Waals surface area contributed by atoms with Crippen LogP contribution in [0.2, 0.25) is 0 Å². The van der Waals surface area contributed by atoms with Crippen LogP contribution >= 0.6 is 0 Å². The molecule has 0 heteroatoms. The maximum Gasteiger partial charge on any atom is -0.00726 e. The zero-order valence-corrected chi connectivity index (χ0v) is 7.93. The van der Waals surface area contributed by atoms with Crippen LogP contribution in [0.15, 0.2) is 47.6 Å². The molecular weight excluding hydrogens is 144 g/mol. The third-order valence-electron chi connectivity index (χ3n) is 1.93. The van der Waals surface area contributed by atoms with Crippen molar-refractivity contribution in [1.82, 2.24) is 0 Å². The van der Waals surface area contributed by atoms with Crippen molar-refractivity contribution in [2.45, 2.75) is 26.7 Å². The Hall–Kier alpha value is -1.04. The minimum Gasteiger partial charge on any atom is -0.0998 e. The van der Waals surface area contributed by atoms with Gasteiger partial charge in [-0.15, -0.1) is 0 Å².